The van der Waals surface area contributed by atoms with E-state index in [1.807, 2.05) is 25.1 Å². The number of carbonyl (C=O) groups excluding carboxylic acids is 1. The SMILES string of the molecule is C[C@@H](NC(=O)N1CCN(S(=O)(=O)c2ccccc2Cl)CC1)c1ccc2c(c1)OCCO2. The number of nitrogens with zero attached hydrogens (tertiary/aromatic N) is 2. The Kier molecular flexibility index (Phi) is 6.27. The molecule has 0 bridgehead atoms. The molecule has 8 nitrogen and oxygen atoms in total. The second kappa shape index (κ2) is 8.94. The van der Waals surface area contributed by atoms with Crippen LogP contribution in [0.25, 0.3) is 0 Å². The zero-order valence-corrected chi connectivity index (χ0v) is 18.7. The number of ether oxygens (including phenoxy) is 2. The van der Waals surface area contributed by atoms with E-state index in [4.69, 9.17) is 21.1 Å². The van der Waals surface area contributed by atoms with E-state index < -0.39 is 10.0 Å². The standard InChI is InChI=1S/C21H24ClN3O5S/c1-15(16-6-7-18-19(14-16)30-13-12-29-18)23-21(26)24-8-10-25(11-9-24)31(27,28)20-5-3-2-4-17(20)22/h2-7,14-15H,8-13H2,1H3,(H,23,26)/t15-/m1/s1. The van der Waals surface area contributed by atoms with Gasteiger partial charge in [-0.25, -0.2) is 13.2 Å². The minimum absolute atomic E-state index is 0.0850. The molecular formula is C21H24ClN3O5S. The van der Waals surface area contributed by atoms with Gasteiger partial charge in [0.2, 0.25) is 10.0 Å². The van der Waals surface area contributed by atoms with Crippen molar-refractivity contribution in [3.8, 4) is 11.5 Å². The average Bonchev–Trinajstić information content (AvgIpc) is 2.79. The molecule has 0 radical (unpaired) electrons. The maximum atomic E-state index is 12.9. The Bertz CT molecular complexity index is 1070. The summed E-state index contributed by atoms with van der Waals surface area (Å²) in [5.74, 6) is 1.37. The van der Waals surface area contributed by atoms with Crippen LogP contribution in [0.3, 0.4) is 0 Å². The Labute approximate surface area is 186 Å². The molecular weight excluding hydrogens is 442 g/mol. The molecule has 2 heterocycles. The first kappa shape index (κ1) is 21.7. The molecule has 2 amide bonds. The molecule has 1 fully saturated rings. The minimum atomic E-state index is -3.70. The number of benzene rings is 2. The first-order chi connectivity index (χ1) is 14.9. The molecule has 1 N–H and O–H groups in total. The summed E-state index contributed by atoms with van der Waals surface area (Å²) in [5.41, 5.74) is 0.900. The lowest BCUT2D eigenvalue weighted by Crippen LogP contribution is -2.53. The van der Waals surface area contributed by atoms with Crippen LogP contribution in [0.15, 0.2) is 47.4 Å². The summed E-state index contributed by atoms with van der Waals surface area (Å²) in [7, 11) is -3.70. The quantitative estimate of drug-likeness (QED) is 0.750. The van der Waals surface area contributed by atoms with Crippen LogP contribution in [-0.2, 0) is 10.0 Å². The molecule has 2 aliphatic heterocycles. The Hall–Kier alpha value is -2.49. The molecule has 0 saturated carbocycles. The number of sulfonamides is 1. The van der Waals surface area contributed by atoms with Gasteiger partial charge in [0.05, 0.1) is 11.1 Å². The second-order valence-corrected chi connectivity index (χ2v) is 9.71. The van der Waals surface area contributed by atoms with E-state index in [2.05, 4.69) is 5.32 Å². The number of rotatable bonds is 4. The van der Waals surface area contributed by atoms with Crippen molar-refractivity contribution in [3.05, 3.63) is 53.1 Å². The predicted molar refractivity (Wildman–Crippen MR) is 116 cm³/mol. The van der Waals surface area contributed by atoms with E-state index in [9.17, 15) is 13.2 Å². The van der Waals surface area contributed by atoms with Crippen molar-refractivity contribution in [1.29, 1.82) is 0 Å². The zero-order chi connectivity index (χ0) is 22.0. The highest BCUT2D eigenvalue weighted by Crippen LogP contribution is 2.32. The number of hydrogen-bond donors (Lipinski definition) is 1. The maximum absolute atomic E-state index is 12.9. The van der Waals surface area contributed by atoms with Crippen molar-refractivity contribution >= 4 is 27.7 Å². The summed E-state index contributed by atoms with van der Waals surface area (Å²) < 4.78 is 38.2. The molecule has 31 heavy (non-hydrogen) atoms. The number of amides is 2. The highest BCUT2D eigenvalue weighted by atomic mass is 35.5. The summed E-state index contributed by atoms with van der Waals surface area (Å²) in [6.07, 6.45) is 0. The van der Waals surface area contributed by atoms with Gasteiger partial charge in [-0.2, -0.15) is 4.31 Å². The summed E-state index contributed by atoms with van der Waals surface area (Å²) in [6.45, 7) is 3.92. The highest BCUT2D eigenvalue weighted by molar-refractivity contribution is 7.89. The van der Waals surface area contributed by atoms with Gasteiger partial charge >= 0.3 is 6.03 Å². The van der Waals surface area contributed by atoms with Crippen molar-refractivity contribution in [1.82, 2.24) is 14.5 Å². The van der Waals surface area contributed by atoms with Crippen molar-refractivity contribution < 1.29 is 22.7 Å². The summed E-state index contributed by atoms with van der Waals surface area (Å²) in [4.78, 5) is 14.4. The fourth-order valence-electron chi connectivity index (χ4n) is 3.61. The number of hydrogen-bond acceptors (Lipinski definition) is 5. The summed E-state index contributed by atoms with van der Waals surface area (Å²) in [6, 6.07) is 11.5. The van der Waals surface area contributed by atoms with Crippen molar-refractivity contribution in [3.63, 3.8) is 0 Å². The monoisotopic (exact) mass is 465 g/mol. The van der Waals surface area contributed by atoms with Crippen LogP contribution in [0.4, 0.5) is 4.79 Å². The van der Waals surface area contributed by atoms with Crippen LogP contribution in [0, 0.1) is 0 Å². The molecule has 1 atom stereocenters. The zero-order valence-electron chi connectivity index (χ0n) is 17.1. The lowest BCUT2D eigenvalue weighted by molar-refractivity contribution is 0.168. The molecule has 2 aromatic rings. The Morgan fingerprint density at radius 2 is 1.71 bits per heavy atom. The second-order valence-electron chi connectivity index (χ2n) is 7.40. The fraction of sp³-hybridized carbons (Fsp3) is 0.381. The van der Waals surface area contributed by atoms with E-state index >= 15 is 0 Å². The smallest absolute Gasteiger partial charge is 0.317 e. The van der Waals surface area contributed by atoms with E-state index in [1.165, 1.54) is 10.4 Å². The van der Waals surface area contributed by atoms with Gasteiger partial charge < -0.3 is 19.7 Å². The van der Waals surface area contributed by atoms with Crippen LogP contribution in [-0.4, -0.2) is 63.0 Å². The molecule has 2 aromatic carbocycles. The lowest BCUT2D eigenvalue weighted by atomic mass is 10.1. The van der Waals surface area contributed by atoms with Crippen molar-refractivity contribution in [2.75, 3.05) is 39.4 Å². The van der Waals surface area contributed by atoms with Gasteiger partial charge in [0, 0.05) is 26.2 Å². The van der Waals surface area contributed by atoms with Crippen molar-refractivity contribution in [2.45, 2.75) is 17.9 Å². The summed E-state index contributed by atoms with van der Waals surface area (Å²) >= 11 is 6.07. The van der Waals surface area contributed by atoms with Crippen LogP contribution in [0.1, 0.15) is 18.5 Å². The van der Waals surface area contributed by atoms with Gasteiger partial charge in [0.15, 0.2) is 11.5 Å². The molecule has 0 aromatic heterocycles. The Morgan fingerprint density at radius 3 is 2.42 bits per heavy atom. The molecule has 1 saturated heterocycles. The number of urea groups is 1. The van der Waals surface area contributed by atoms with Gasteiger partial charge in [-0.05, 0) is 36.8 Å². The Balaban J connectivity index is 1.36. The van der Waals surface area contributed by atoms with Crippen LogP contribution < -0.4 is 14.8 Å². The van der Waals surface area contributed by atoms with E-state index in [1.54, 1.807) is 23.1 Å². The summed E-state index contributed by atoms with van der Waals surface area (Å²) in [5, 5.41) is 3.16. The number of halogens is 1. The van der Waals surface area contributed by atoms with Crippen LogP contribution in [0.2, 0.25) is 5.02 Å². The maximum Gasteiger partial charge on any atom is 0.317 e. The number of piperazine rings is 1. The first-order valence-electron chi connectivity index (χ1n) is 10.1. The molecule has 2 aliphatic rings. The number of carbonyl (C=O) groups is 1. The molecule has 10 heteroatoms. The molecule has 166 valence electrons. The normalized spacial score (nSPS) is 17.8. The van der Waals surface area contributed by atoms with E-state index in [-0.39, 0.29) is 35.1 Å². The third kappa shape index (κ3) is 4.58. The first-order valence-corrected chi connectivity index (χ1v) is 11.9. The average molecular weight is 466 g/mol. The van der Waals surface area contributed by atoms with Gasteiger partial charge in [-0.1, -0.05) is 29.8 Å². The third-order valence-electron chi connectivity index (χ3n) is 5.39. The van der Waals surface area contributed by atoms with Gasteiger partial charge in [-0.3, -0.25) is 0 Å². The number of nitrogens with one attached hydrogen (secondary N) is 1. The third-order valence-corrected chi connectivity index (χ3v) is 7.78. The van der Waals surface area contributed by atoms with E-state index in [0.29, 0.717) is 37.8 Å². The van der Waals surface area contributed by atoms with Gasteiger partial charge in [-0.15, -0.1) is 0 Å². The van der Waals surface area contributed by atoms with E-state index in [0.717, 1.165) is 5.56 Å². The lowest BCUT2D eigenvalue weighted by Gasteiger charge is -2.34. The fourth-order valence-corrected chi connectivity index (χ4v) is 5.53. The predicted octanol–water partition coefficient (Wildman–Crippen LogP) is 2.89. The molecule has 0 unspecified atom stereocenters. The van der Waals surface area contributed by atoms with Crippen LogP contribution >= 0.6 is 11.6 Å². The Morgan fingerprint density at radius 1 is 1.03 bits per heavy atom. The van der Waals surface area contributed by atoms with Crippen LogP contribution in [0.5, 0.6) is 11.5 Å². The minimum Gasteiger partial charge on any atom is -0.486 e. The highest BCUT2D eigenvalue weighted by Gasteiger charge is 2.31. The molecule has 0 spiro atoms. The number of fused-ring (bicyclic) bond motifs is 1. The van der Waals surface area contributed by atoms with Gasteiger partial charge in [0.1, 0.15) is 18.1 Å². The molecule has 4 rings (SSSR count). The topological polar surface area (TPSA) is 88.2 Å². The van der Waals surface area contributed by atoms with Gasteiger partial charge in [0.25, 0.3) is 0 Å². The largest absolute Gasteiger partial charge is 0.486 e. The molecule has 0 aliphatic carbocycles. The van der Waals surface area contributed by atoms with Crippen molar-refractivity contribution in [2.24, 2.45) is 0 Å².